The number of carbonyl (C=O) groups excluding carboxylic acids is 1. The molecule has 0 fully saturated rings. The molecule has 1 aromatic heterocycles. The molecule has 0 unspecified atom stereocenters. The number of nitrogens with zero attached hydrogens (tertiary/aromatic N) is 1. The first-order valence-electron chi connectivity index (χ1n) is 10.5. The van der Waals surface area contributed by atoms with E-state index in [0.29, 0.717) is 24.6 Å². The van der Waals surface area contributed by atoms with Gasteiger partial charge in [-0.3, -0.25) is 4.79 Å². The normalized spacial score (nSPS) is 11.1. The van der Waals surface area contributed by atoms with Gasteiger partial charge in [0.1, 0.15) is 11.1 Å². The molecule has 0 N–H and O–H groups in total. The van der Waals surface area contributed by atoms with Crippen molar-refractivity contribution < 1.29 is 9.21 Å². The second-order valence-corrected chi connectivity index (χ2v) is 8.03. The van der Waals surface area contributed by atoms with Crippen LogP contribution in [0.25, 0.3) is 11.0 Å². The highest BCUT2D eigenvalue weighted by atomic mass is 16.4. The van der Waals surface area contributed by atoms with E-state index in [9.17, 15) is 9.59 Å². The van der Waals surface area contributed by atoms with Crippen LogP contribution in [0.15, 0.2) is 94.1 Å². The van der Waals surface area contributed by atoms with Gasteiger partial charge in [-0.05, 0) is 34.7 Å². The van der Waals surface area contributed by atoms with Crippen molar-refractivity contribution in [3.8, 4) is 0 Å². The molecule has 0 aliphatic carbocycles. The number of para-hydroxylation sites is 1. The van der Waals surface area contributed by atoms with E-state index in [0.717, 1.165) is 16.5 Å². The molecule has 0 saturated carbocycles. The Morgan fingerprint density at radius 1 is 0.839 bits per heavy atom. The third-order valence-corrected chi connectivity index (χ3v) is 5.40. The summed E-state index contributed by atoms with van der Waals surface area (Å²) in [6.07, 6.45) is 0. The summed E-state index contributed by atoms with van der Waals surface area (Å²) < 4.78 is 5.40. The van der Waals surface area contributed by atoms with Crippen LogP contribution < -0.4 is 5.63 Å². The van der Waals surface area contributed by atoms with Crippen molar-refractivity contribution in [1.82, 2.24) is 4.90 Å². The molecule has 31 heavy (non-hydrogen) atoms. The van der Waals surface area contributed by atoms with E-state index in [1.807, 2.05) is 54.6 Å². The standard InChI is InChI=1S/C27H25NO3/c1-19(2)22-14-12-21(13-15-22)18-28(17-20-8-4-3-5-9-20)26(29)24-16-23-10-6-7-11-25(23)31-27(24)30/h3-16,19H,17-18H2,1-2H3. The van der Waals surface area contributed by atoms with Gasteiger partial charge in [0.25, 0.3) is 5.91 Å². The van der Waals surface area contributed by atoms with Gasteiger partial charge in [0.2, 0.25) is 0 Å². The van der Waals surface area contributed by atoms with E-state index >= 15 is 0 Å². The molecule has 3 aromatic carbocycles. The summed E-state index contributed by atoms with van der Waals surface area (Å²) in [4.78, 5) is 27.7. The van der Waals surface area contributed by atoms with Crippen molar-refractivity contribution in [3.05, 3.63) is 118 Å². The first kappa shape index (κ1) is 20.6. The van der Waals surface area contributed by atoms with Gasteiger partial charge in [0.05, 0.1) is 0 Å². The molecule has 0 saturated heterocycles. The average Bonchev–Trinajstić information content (AvgIpc) is 2.79. The fraction of sp³-hybridized carbons (Fsp3) is 0.185. The summed E-state index contributed by atoms with van der Waals surface area (Å²) in [5.41, 5.74) is 3.17. The summed E-state index contributed by atoms with van der Waals surface area (Å²) in [7, 11) is 0. The lowest BCUT2D eigenvalue weighted by Crippen LogP contribution is -2.33. The third-order valence-electron chi connectivity index (χ3n) is 5.40. The van der Waals surface area contributed by atoms with Crippen molar-refractivity contribution in [2.45, 2.75) is 32.9 Å². The molecule has 4 heteroatoms. The number of amides is 1. The molecule has 0 radical (unpaired) electrons. The van der Waals surface area contributed by atoms with Crippen LogP contribution in [0.5, 0.6) is 0 Å². The molecule has 0 aliphatic heterocycles. The summed E-state index contributed by atoms with van der Waals surface area (Å²) in [5, 5.41) is 0.728. The van der Waals surface area contributed by atoms with Crippen LogP contribution in [-0.2, 0) is 13.1 Å². The predicted molar refractivity (Wildman–Crippen MR) is 123 cm³/mol. The minimum atomic E-state index is -0.614. The van der Waals surface area contributed by atoms with Gasteiger partial charge in [-0.15, -0.1) is 0 Å². The number of benzene rings is 3. The molecular weight excluding hydrogens is 386 g/mol. The first-order chi connectivity index (χ1) is 15.0. The van der Waals surface area contributed by atoms with E-state index in [1.54, 1.807) is 23.1 Å². The third kappa shape index (κ3) is 4.75. The molecule has 0 aliphatic rings. The zero-order chi connectivity index (χ0) is 21.8. The van der Waals surface area contributed by atoms with E-state index < -0.39 is 5.63 Å². The van der Waals surface area contributed by atoms with Crippen LogP contribution in [0.3, 0.4) is 0 Å². The lowest BCUT2D eigenvalue weighted by Gasteiger charge is -2.23. The smallest absolute Gasteiger partial charge is 0.349 e. The second-order valence-electron chi connectivity index (χ2n) is 8.03. The summed E-state index contributed by atoms with van der Waals surface area (Å²) in [6, 6.07) is 26.9. The summed E-state index contributed by atoms with van der Waals surface area (Å²) in [6.45, 7) is 5.11. The highest BCUT2D eigenvalue weighted by Crippen LogP contribution is 2.19. The van der Waals surface area contributed by atoms with Gasteiger partial charge in [-0.25, -0.2) is 4.79 Å². The summed E-state index contributed by atoms with van der Waals surface area (Å²) >= 11 is 0. The van der Waals surface area contributed by atoms with Crippen LogP contribution in [0, 0.1) is 0 Å². The zero-order valence-electron chi connectivity index (χ0n) is 17.7. The Balaban J connectivity index is 1.68. The number of hydrogen-bond acceptors (Lipinski definition) is 3. The maximum Gasteiger partial charge on any atom is 0.349 e. The van der Waals surface area contributed by atoms with E-state index in [4.69, 9.17) is 4.42 Å². The fourth-order valence-corrected chi connectivity index (χ4v) is 3.61. The van der Waals surface area contributed by atoms with Crippen molar-refractivity contribution in [2.75, 3.05) is 0 Å². The lowest BCUT2D eigenvalue weighted by atomic mass is 10.0. The fourth-order valence-electron chi connectivity index (χ4n) is 3.61. The molecule has 0 atom stereocenters. The summed E-state index contributed by atoms with van der Waals surface area (Å²) in [5.74, 6) is 0.106. The average molecular weight is 412 g/mol. The molecule has 0 spiro atoms. The second kappa shape index (κ2) is 9.00. The molecule has 4 rings (SSSR count). The Hall–Kier alpha value is -3.66. The van der Waals surface area contributed by atoms with Crippen LogP contribution in [0.1, 0.15) is 46.8 Å². The minimum Gasteiger partial charge on any atom is -0.422 e. The number of carbonyl (C=O) groups is 1. The van der Waals surface area contributed by atoms with Crippen LogP contribution >= 0.6 is 0 Å². The molecule has 0 bridgehead atoms. The quantitative estimate of drug-likeness (QED) is 0.379. The van der Waals surface area contributed by atoms with Crippen LogP contribution in [0.2, 0.25) is 0 Å². The van der Waals surface area contributed by atoms with Gasteiger partial charge in [0.15, 0.2) is 0 Å². The maximum atomic E-state index is 13.5. The topological polar surface area (TPSA) is 50.5 Å². The first-order valence-corrected chi connectivity index (χ1v) is 10.5. The monoisotopic (exact) mass is 411 g/mol. The van der Waals surface area contributed by atoms with Crippen molar-refractivity contribution in [1.29, 1.82) is 0 Å². The Morgan fingerprint density at radius 2 is 1.45 bits per heavy atom. The largest absolute Gasteiger partial charge is 0.422 e. The molecule has 4 nitrogen and oxygen atoms in total. The highest BCUT2D eigenvalue weighted by Gasteiger charge is 2.21. The number of rotatable bonds is 6. The predicted octanol–water partition coefficient (Wildman–Crippen LogP) is 5.76. The van der Waals surface area contributed by atoms with Gasteiger partial charge in [0, 0.05) is 18.5 Å². The van der Waals surface area contributed by atoms with Crippen molar-refractivity contribution >= 4 is 16.9 Å². The minimum absolute atomic E-state index is 0.0495. The van der Waals surface area contributed by atoms with Crippen molar-refractivity contribution in [3.63, 3.8) is 0 Å². The molecule has 1 heterocycles. The highest BCUT2D eigenvalue weighted by molar-refractivity contribution is 5.96. The lowest BCUT2D eigenvalue weighted by molar-refractivity contribution is 0.0726. The van der Waals surface area contributed by atoms with Crippen LogP contribution in [0.4, 0.5) is 0 Å². The van der Waals surface area contributed by atoms with Gasteiger partial charge < -0.3 is 9.32 Å². The Labute approximate surface area is 181 Å². The Bertz CT molecular complexity index is 1240. The van der Waals surface area contributed by atoms with E-state index in [-0.39, 0.29) is 11.5 Å². The Morgan fingerprint density at radius 3 is 2.13 bits per heavy atom. The van der Waals surface area contributed by atoms with E-state index in [2.05, 4.69) is 26.0 Å². The molecular formula is C27H25NO3. The molecule has 156 valence electrons. The molecule has 4 aromatic rings. The van der Waals surface area contributed by atoms with Crippen LogP contribution in [-0.4, -0.2) is 10.8 Å². The Kier molecular flexibility index (Phi) is 5.99. The molecule has 1 amide bonds. The van der Waals surface area contributed by atoms with Gasteiger partial charge in [-0.1, -0.05) is 86.6 Å². The number of hydrogen-bond donors (Lipinski definition) is 0. The van der Waals surface area contributed by atoms with E-state index in [1.165, 1.54) is 5.56 Å². The van der Waals surface area contributed by atoms with Crippen molar-refractivity contribution in [2.24, 2.45) is 0 Å². The maximum absolute atomic E-state index is 13.5. The van der Waals surface area contributed by atoms with Gasteiger partial charge >= 0.3 is 5.63 Å². The van der Waals surface area contributed by atoms with Gasteiger partial charge in [-0.2, -0.15) is 0 Å². The zero-order valence-corrected chi connectivity index (χ0v) is 17.7. The number of fused-ring (bicyclic) bond motifs is 1. The SMILES string of the molecule is CC(C)c1ccc(CN(Cc2ccccc2)C(=O)c2cc3ccccc3oc2=O)cc1.